The molecule has 1 aliphatic heterocycles. The number of morpholine rings is 1. The first kappa shape index (κ1) is 14.0. The van der Waals surface area contributed by atoms with E-state index in [9.17, 15) is 4.79 Å². The van der Waals surface area contributed by atoms with Crippen LogP contribution in [0.5, 0.6) is 0 Å². The van der Waals surface area contributed by atoms with Gasteiger partial charge in [-0.25, -0.2) is 4.98 Å². The largest absolute Gasteiger partial charge is 0.379 e. The number of nitrogens with zero attached hydrogens (tertiary/aromatic N) is 3. The molecular formula is C15H19N4O2. The van der Waals surface area contributed by atoms with Gasteiger partial charge in [0, 0.05) is 50.0 Å². The summed E-state index contributed by atoms with van der Waals surface area (Å²) in [5.74, 6) is -0.000174. The molecule has 0 saturated carbocycles. The maximum atomic E-state index is 12.0. The van der Waals surface area contributed by atoms with Crippen molar-refractivity contribution in [2.45, 2.75) is 6.54 Å². The van der Waals surface area contributed by atoms with Crippen LogP contribution in [0, 0.1) is 6.07 Å². The van der Waals surface area contributed by atoms with Crippen LogP contribution in [0.25, 0.3) is 11.0 Å². The third-order valence-electron chi connectivity index (χ3n) is 3.60. The molecule has 3 rings (SSSR count). The van der Waals surface area contributed by atoms with E-state index >= 15 is 0 Å². The van der Waals surface area contributed by atoms with Crippen LogP contribution in [0.4, 0.5) is 0 Å². The minimum atomic E-state index is -0.000174. The maximum absolute atomic E-state index is 12.0. The van der Waals surface area contributed by atoms with Crippen LogP contribution in [-0.4, -0.2) is 59.8 Å². The molecule has 1 amide bonds. The van der Waals surface area contributed by atoms with E-state index in [1.807, 2.05) is 16.7 Å². The van der Waals surface area contributed by atoms with E-state index in [0.29, 0.717) is 6.54 Å². The molecule has 111 valence electrons. The number of carbonyl (C=O) groups is 1. The molecule has 2 aromatic rings. The van der Waals surface area contributed by atoms with Crippen molar-refractivity contribution in [1.29, 1.82) is 0 Å². The van der Waals surface area contributed by atoms with Crippen molar-refractivity contribution >= 4 is 16.9 Å². The van der Waals surface area contributed by atoms with E-state index in [1.165, 1.54) is 0 Å². The average molecular weight is 287 g/mol. The molecule has 1 saturated heterocycles. The second-order valence-electron chi connectivity index (χ2n) is 5.08. The van der Waals surface area contributed by atoms with Gasteiger partial charge in [0.05, 0.1) is 13.2 Å². The molecule has 21 heavy (non-hydrogen) atoms. The van der Waals surface area contributed by atoms with Crippen molar-refractivity contribution in [3.8, 4) is 0 Å². The predicted molar refractivity (Wildman–Crippen MR) is 78.8 cm³/mol. The normalized spacial score (nSPS) is 16.2. The van der Waals surface area contributed by atoms with Gasteiger partial charge in [0.25, 0.3) is 0 Å². The van der Waals surface area contributed by atoms with Gasteiger partial charge in [0.1, 0.15) is 12.2 Å². The van der Waals surface area contributed by atoms with Crippen LogP contribution in [-0.2, 0) is 16.1 Å². The Morgan fingerprint density at radius 3 is 3.14 bits per heavy atom. The van der Waals surface area contributed by atoms with Crippen molar-refractivity contribution < 1.29 is 9.53 Å². The zero-order valence-electron chi connectivity index (χ0n) is 11.9. The van der Waals surface area contributed by atoms with Crippen molar-refractivity contribution in [3.63, 3.8) is 0 Å². The molecule has 0 spiro atoms. The van der Waals surface area contributed by atoms with Crippen molar-refractivity contribution in [2.75, 3.05) is 39.4 Å². The number of carbonyl (C=O) groups excluding carboxylic acids is 1. The van der Waals surface area contributed by atoms with Crippen LogP contribution in [0.3, 0.4) is 0 Å². The van der Waals surface area contributed by atoms with Crippen LogP contribution < -0.4 is 5.32 Å². The van der Waals surface area contributed by atoms with Gasteiger partial charge in [-0.15, -0.1) is 0 Å². The Morgan fingerprint density at radius 2 is 2.29 bits per heavy atom. The Balaban J connectivity index is 1.47. The maximum Gasteiger partial charge on any atom is 0.240 e. The highest BCUT2D eigenvalue weighted by Gasteiger charge is 2.11. The highest BCUT2D eigenvalue weighted by molar-refractivity contribution is 5.80. The Bertz CT molecular complexity index is 604. The Kier molecular flexibility index (Phi) is 4.47. The molecule has 3 heterocycles. The highest BCUT2D eigenvalue weighted by atomic mass is 16.5. The van der Waals surface area contributed by atoms with Crippen molar-refractivity contribution in [1.82, 2.24) is 19.8 Å². The number of hydrogen-bond acceptors (Lipinski definition) is 4. The molecule has 0 bridgehead atoms. The van der Waals surface area contributed by atoms with E-state index in [0.717, 1.165) is 43.9 Å². The van der Waals surface area contributed by atoms with Gasteiger partial charge in [-0.05, 0) is 12.1 Å². The van der Waals surface area contributed by atoms with Gasteiger partial charge >= 0.3 is 0 Å². The smallest absolute Gasteiger partial charge is 0.240 e. The molecule has 1 fully saturated rings. The molecule has 1 radical (unpaired) electrons. The number of hydrogen-bond donors (Lipinski definition) is 1. The van der Waals surface area contributed by atoms with Crippen molar-refractivity contribution in [3.05, 3.63) is 30.6 Å². The Labute approximate surface area is 123 Å². The first-order valence-electron chi connectivity index (χ1n) is 7.21. The van der Waals surface area contributed by atoms with Gasteiger partial charge in [-0.1, -0.05) is 0 Å². The lowest BCUT2D eigenvalue weighted by Gasteiger charge is -2.26. The van der Waals surface area contributed by atoms with Crippen LogP contribution in [0.1, 0.15) is 0 Å². The van der Waals surface area contributed by atoms with E-state index in [2.05, 4.69) is 21.3 Å². The van der Waals surface area contributed by atoms with Crippen LogP contribution in [0.15, 0.2) is 24.5 Å². The summed E-state index contributed by atoms with van der Waals surface area (Å²) in [4.78, 5) is 18.6. The summed E-state index contributed by atoms with van der Waals surface area (Å²) >= 11 is 0. The predicted octanol–water partition coefficient (Wildman–Crippen LogP) is 0.285. The van der Waals surface area contributed by atoms with E-state index < -0.39 is 0 Å². The Hall–Kier alpha value is -1.92. The monoisotopic (exact) mass is 287 g/mol. The van der Waals surface area contributed by atoms with Crippen molar-refractivity contribution in [2.24, 2.45) is 0 Å². The summed E-state index contributed by atoms with van der Waals surface area (Å²) in [6.45, 7) is 5.25. The Morgan fingerprint density at radius 1 is 1.43 bits per heavy atom. The topological polar surface area (TPSA) is 59.4 Å². The summed E-state index contributed by atoms with van der Waals surface area (Å²) in [5.41, 5.74) is 0.792. The summed E-state index contributed by atoms with van der Waals surface area (Å²) in [6.07, 6.45) is 3.50. The van der Waals surface area contributed by atoms with Gasteiger partial charge in [-0.3, -0.25) is 9.69 Å². The molecule has 0 aliphatic carbocycles. The SMILES string of the molecule is O=C(Cn1c[c]c2cccnc21)NCCN1CCOCC1. The molecular weight excluding hydrogens is 268 g/mol. The molecule has 1 N–H and O–H groups in total. The first-order chi connectivity index (χ1) is 10.3. The zero-order chi connectivity index (χ0) is 14.5. The summed E-state index contributed by atoms with van der Waals surface area (Å²) in [5, 5.41) is 3.88. The molecule has 0 atom stereocenters. The minimum Gasteiger partial charge on any atom is -0.379 e. The third kappa shape index (κ3) is 3.59. The van der Waals surface area contributed by atoms with E-state index in [-0.39, 0.29) is 12.5 Å². The molecule has 1 aliphatic rings. The quantitative estimate of drug-likeness (QED) is 0.858. The lowest BCUT2D eigenvalue weighted by atomic mass is 10.3. The third-order valence-corrected chi connectivity index (χ3v) is 3.60. The number of ether oxygens (including phenoxy) is 1. The summed E-state index contributed by atoms with van der Waals surface area (Å²) in [6, 6.07) is 6.91. The lowest BCUT2D eigenvalue weighted by Crippen LogP contribution is -2.41. The number of fused-ring (bicyclic) bond motifs is 1. The van der Waals surface area contributed by atoms with E-state index in [4.69, 9.17) is 4.74 Å². The molecule has 6 heteroatoms. The van der Waals surface area contributed by atoms with E-state index in [1.54, 1.807) is 12.4 Å². The number of pyridine rings is 1. The fourth-order valence-electron chi connectivity index (χ4n) is 2.46. The number of nitrogens with one attached hydrogen (secondary N) is 1. The second kappa shape index (κ2) is 6.69. The standard InChI is InChI=1S/C15H19N4O2/c20-14(16-5-7-18-8-10-21-11-9-18)12-19-6-3-13-2-1-4-17-15(13)19/h1-2,4,6H,5,7-12H2,(H,16,20). The molecule has 0 aromatic carbocycles. The number of aromatic nitrogens is 2. The average Bonchev–Trinajstić information content (AvgIpc) is 2.92. The fraction of sp³-hybridized carbons (Fsp3) is 0.467. The first-order valence-corrected chi connectivity index (χ1v) is 7.21. The fourth-order valence-corrected chi connectivity index (χ4v) is 2.46. The molecule has 0 unspecified atom stereocenters. The van der Waals surface area contributed by atoms with Crippen LogP contribution >= 0.6 is 0 Å². The van der Waals surface area contributed by atoms with Gasteiger partial charge in [0.15, 0.2) is 0 Å². The molecule has 2 aromatic heterocycles. The second-order valence-corrected chi connectivity index (χ2v) is 5.08. The summed E-state index contributed by atoms with van der Waals surface area (Å²) < 4.78 is 7.11. The summed E-state index contributed by atoms with van der Waals surface area (Å²) in [7, 11) is 0. The number of rotatable bonds is 5. The minimum absolute atomic E-state index is 0.000174. The zero-order valence-corrected chi connectivity index (χ0v) is 11.9. The number of amides is 1. The molecule has 6 nitrogen and oxygen atoms in total. The van der Waals surface area contributed by atoms with Crippen LogP contribution in [0.2, 0.25) is 0 Å². The highest BCUT2D eigenvalue weighted by Crippen LogP contribution is 2.10. The van der Waals surface area contributed by atoms with Gasteiger partial charge in [-0.2, -0.15) is 0 Å². The van der Waals surface area contributed by atoms with Gasteiger partial charge < -0.3 is 14.6 Å². The lowest BCUT2D eigenvalue weighted by molar-refractivity contribution is -0.121. The van der Waals surface area contributed by atoms with Gasteiger partial charge in [0.2, 0.25) is 5.91 Å².